The van der Waals surface area contributed by atoms with Gasteiger partial charge in [-0.2, -0.15) is 0 Å². The van der Waals surface area contributed by atoms with Gasteiger partial charge in [0.15, 0.2) is 0 Å². The molecular formula is C18H13Cl2FN2OS2. The van der Waals surface area contributed by atoms with Crippen molar-refractivity contribution in [1.82, 2.24) is 4.98 Å². The van der Waals surface area contributed by atoms with Crippen LogP contribution in [-0.2, 0) is 17.0 Å². The molecule has 0 fully saturated rings. The molecule has 0 aliphatic carbocycles. The van der Waals surface area contributed by atoms with Gasteiger partial charge in [0.05, 0.1) is 12.1 Å². The van der Waals surface area contributed by atoms with Crippen LogP contribution in [0.25, 0.3) is 0 Å². The highest BCUT2D eigenvalue weighted by Gasteiger charge is 2.10. The molecule has 0 saturated carbocycles. The van der Waals surface area contributed by atoms with Gasteiger partial charge in [0.25, 0.3) is 0 Å². The Kier molecular flexibility index (Phi) is 6.53. The second-order valence-corrected chi connectivity index (χ2v) is 8.29. The van der Waals surface area contributed by atoms with Crippen molar-refractivity contribution in [2.24, 2.45) is 0 Å². The van der Waals surface area contributed by atoms with Crippen LogP contribution in [0.1, 0.15) is 11.3 Å². The number of aromatic nitrogens is 1. The summed E-state index contributed by atoms with van der Waals surface area (Å²) < 4.78 is 14.0. The first-order chi connectivity index (χ1) is 12.5. The number of thioether (sulfide) groups is 1. The third-order valence-electron chi connectivity index (χ3n) is 3.35. The molecule has 0 spiro atoms. The lowest BCUT2D eigenvalue weighted by Crippen LogP contribution is -2.14. The maximum atomic E-state index is 13.1. The average Bonchev–Trinajstić information content (AvgIpc) is 3.01. The molecule has 0 aliphatic heterocycles. The monoisotopic (exact) mass is 426 g/mol. The molecule has 1 aromatic heterocycles. The molecule has 3 rings (SSSR count). The van der Waals surface area contributed by atoms with Crippen LogP contribution in [0.5, 0.6) is 0 Å². The summed E-state index contributed by atoms with van der Waals surface area (Å²) in [6.45, 7) is 0. The SMILES string of the molecule is O=C(Cc1csc(SCc2ccc(Cl)cc2Cl)n1)Nc1cccc(F)c1. The van der Waals surface area contributed by atoms with Gasteiger partial charge in [0.1, 0.15) is 10.2 Å². The Labute approximate surface area is 168 Å². The van der Waals surface area contributed by atoms with E-state index in [2.05, 4.69) is 10.3 Å². The predicted molar refractivity (Wildman–Crippen MR) is 107 cm³/mol. The minimum Gasteiger partial charge on any atom is -0.326 e. The summed E-state index contributed by atoms with van der Waals surface area (Å²) >= 11 is 15.1. The van der Waals surface area contributed by atoms with Gasteiger partial charge in [-0.3, -0.25) is 4.79 Å². The van der Waals surface area contributed by atoms with Crippen molar-refractivity contribution in [3.63, 3.8) is 0 Å². The van der Waals surface area contributed by atoms with Crippen molar-refractivity contribution in [1.29, 1.82) is 0 Å². The van der Waals surface area contributed by atoms with E-state index in [1.165, 1.54) is 23.5 Å². The molecule has 0 bridgehead atoms. The van der Waals surface area contributed by atoms with Crippen molar-refractivity contribution in [3.8, 4) is 0 Å². The van der Waals surface area contributed by atoms with Crippen molar-refractivity contribution in [2.75, 3.05) is 5.32 Å². The van der Waals surface area contributed by atoms with E-state index in [4.69, 9.17) is 23.2 Å². The molecule has 0 saturated heterocycles. The molecule has 0 radical (unpaired) electrons. The summed E-state index contributed by atoms with van der Waals surface area (Å²) in [4.78, 5) is 16.5. The third-order valence-corrected chi connectivity index (χ3v) is 6.05. The van der Waals surface area contributed by atoms with Crippen LogP contribution in [-0.4, -0.2) is 10.9 Å². The third kappa shape index (κ3) is 5.45. The number of nitrogens with zero attached hydrogens (tertiary/aromatic N) is 1. The second kappa shape index (κ2) is 8.86. The fourth-order valence-corrected chi connectivity index (χ4v) is 4.55. The van der Waals surface area contributed by atoms with Crippen molar-refractivity contribution >= 4 is 57.9 Å². The van der Waals surface area contributed by atoms with E-state index in [9.17, 15) is 9.18 Å². The Bertz CT molecular complexity index is 933. The van der Waals surface area contributed by atoms with E-state index < -0.39 is 5.82 Å². The fourth-order valence-electron chi connectivity index (χ4n) is 2.15. The summed E-state index contributed by atoms with van der Waals surface area (Å²) in [7, 11) is 0. The van der Waals surface area contributed by atoms with Gasteiger partial charge < -0.3 is 5.32 Å². The van der Waals surface area contributed by atoms with Crippen molar-refractivity contribution < 1.29 is 9.18 Å². The Morgan fingerprint density at radius 1 is 1.23 bits per heavy atom. The summed E-state index contributed by atoms with van der Waals surface area (Å²) in [5.74, 6) is 0.0348. The summed E-state index contributed by atoms with van der Waals surface area (Å²) in [6.07, 6.45) is 0.134. The van der Waals surface area contributed by atoms with Crippen molar-refractivity contribution in [3.05, 3.63) is 75.0 Å². The predicted octanol–water partition coefficient (Wildman–Crippen LogP) is 6.06. The Balaban J connectivity index is 1.55. The van der Waals surface area contributed by atoms with Crippen LogP contribution < -0.4 is 5.32 Å². The van der Waals surface area contributed by atoms with Gasteiger partial charge in [0, 0.05) is 26.9 Å². The Morgan fingerprint density at radius 2 is 2.08 bits per heavy atom. The maximum absolute atomic E-state index is 13.1. The van der Waals surface area contributed by atoms with E-state index in [0.717, 1.165) is 9.90 Å². The van der Waals surface area contributed by atoms with E-state index in [1.807, 2.05) is 11.4 Å². The topological polar surface area (TPSA) is 42.0 Å². The molecule has 0 aliphatic rings. The standard InChI is InChI=1S/C18H13Cl2FN2OS2/c19-12-5-4-11(16(20)6-12)9-25-18-23-15(10-26-18)8-17(24)22-14-3-1-2-13(21)7-14/h1-7,10H,8-9H2,(H,22,24). The van der Waals surface area contributed by atoms with Crippen LogP contribution in [0.15, 0.2) is 52.2 Å². The fraction of sp³-hybridized carbons (Fsp3) is 0.111. The molecule has 1 amide bonds. The molecule has 1 heterocycles. The summed E-state index contributed by atoms with van der Waals surface area (Å²) in [5, 5.41) is 5.73. The Hall–Kier alpha value is -1.60. The molecule has 3 nitrogen and oxygen atoms in total. The van der Waals surface area contributed by atoms with E-state index in [-0.39, 0.29) is 12.3 Å². The number of thiazole rings is 1. The number of hydrogen-bond acceptors (Lipinski definition) is 4. The summed E-state index contributed by atoms with van der Waals surface area (Å²) in [6, 6.07) is 11.2. The number of halogens is 3. The van der Waals surface area contributed by atoms with E-state index >= 15 is 0 Å². The van der Waals surface area contributed by atoms with Gasteiger partial charge in [-0.05, 0) is 35.9 Å². The van der Waals surface area contributed by atoms with Crippen LogP contribution in [0.3, 0.4) is 0 Å². The van der Waals surface area contributed by atoms with E-state index in [1.54, 1.807) is 36.0 Å². The highest BCUT2D eigenvalue weighted by atomic mass is 35.5. The van der Waals surface area contributed by atoms with Gasteiger partial charge in [-0.1, -0.05) is 47.1 Å². The lowest BCUT2D eigenvalue weighted by atomic mass is 10.2. The smallest absolute Gasteiger partial charge is 0.230 e. The molecule has 134 valence electrons. The molecule has 0 atom stereocenters. The summed E-state index contributed by atoms with van der Waals surface area (Å²) in [5.41, 5.74) is 2.08. The number of nitrogens with one attached hydrogen (secondary N) is 1. The zero-order chi connectivity index (χ0) is 18.5. The lowest BCUT2D eigenvalue weighted by molar-refractivity contribution is -0.115. The second-order valence-electron chi connectivity index (χ2n) is 5.36. The quantitative estimate of drug-likeness (QED) is 0.486. The highest BCUT2D eigenvalue weighted by Crippen LogP contribution is 2.30. The lowest BCUT2D eigenvalue weighted by Gasteiger charge is -2.04. The molecule has 3 aromatic rings. The molecule has 2 aromatic carbocycles. The first-order valence-corrected chi connectivity index (χ1v) is 10.2. The maximum Gasteiger partial charge on any atom is 0.230 e. The van der Waals surface area contributed by atoms with Gasteiger partial charge in [0.2, 0.25) is 5.91 Å². The van der Waals surface area contributed by atoms with Crippen molar-refractivity contribution in [2.45, 2.75) is 16.5 Å². The normalized spacial score (nSPS) is 10.7. The van der Waals surface area contributed by atoms with Crippen LogP contribution in [0, 0.1) is 5.82 Å². The van der Waals surface area contributed by atoms with Crippen LogP contribution in [0.4, 0.5) is 10.1 Å². The minimum absolute atomic E-state index is 0.134. The van der Waals surface area contributed by atoms with Gasteiger partial charge in [-0.15, -0.1) is 11.3 Å². The first-order valence-electron chi connectivity index (χ1n) is 7.56. The number of carbonyl (C=O) groups is 1. The largest absolute Gasteiger partial charge is 0.326 e. The number of amides is 1. The van der Waals surface area contributed by atoms with Gasteiger partial charge >= 0.3 is 0 Å². The zero-order valence-electron chi connectivity index (χ0n) is 13.3. The molecular weight excluding hydrogens is 414 g/mol. The number of hydrogen-bond donors (Lipinski definition) is 1. The molecule has 1 N–H and O–H groups in total. The van der Waals surface area contributed by atoms with Crippen LogP contribution in [0.2, 0.25) is 10.0 Å². The molecule has 26 heavy (non-hydrogen) atoms. The zero-order valence-corrected chi connectivity index (χ0v) is 16.5. The van der Waals surface area contributed by atoms with Crippen LogP contribution >= 0.6 is 46.3 Å². The number of carbonyl (C=O) groups excluding carboxylic acids is 1. The number of anilines is 1. The molecule has 0 unspecified atom stereocenters. The minimum atomic E-state index is -0.393. The molecule has 8 heteroatoms. The van der Waals surface area contributed by atoms with Gasteiger partial charge in [-0.25, -0.2) is 9.37 Å². The first kappa shape index (κ1) is 19.2. The number of benzene rings is 2. The average molecular weight is 427 g/mol. The Morgan fingerprint density at radius 3 is 2.85 bits per heavy atom. The highest BCUT2D eigenvalue weighted by molar-refractivity contribution is 8.00. The van der Waals surface area contributed by atoms with E-state index in [0.29, 0.717) is 27.2 Å². The number of rotatable bonds is 6.